The van der Waals surface area contributed by atoms with E-state index in [4.69, 9.17) is 5.26 Å². The maximum absolute atomic E-state index is 13.3. The van der Waals surface area contributed by atoms with E-state index in [-0.39, 0.29) is 16.2 Å². The molecule has 0 aliphatic carbocycles. The molecular formula is C16H14FNO2S. The number of aryl methyl sites for hydroxylation is 2. The molecule has 0 N–H and O–H groups in total. The minimum Gasteiger partial charge on any atom is -0.223 e. The molecule has 21 heavy (non-hydrogen) atoms. The molecule has 0 spiro atoms. The molecule has 0 saturated carbocycles. The van der Waals surface area contributed by atoms with Crippen molar-refractivity contribution in [2.24, 2.45) is 0 Å². The summed E-state index contributed by atoms with van der Waals surface area (Å²) in [6.45, 7) is 3.56. The second-order valence-corrected chi connectivity index (χ2v) is 6.91. The molecule has 0 radical (unpaired) electrons. The highest BCUT2D eigenvalue weighted by atomic mass is 32.2. The van der Waals surface area contributed by atoms with Crippen LogP contribution in [0.2, 0.25) is 0 Å². The number of benzene rings is 2. The zero-order valence-electron chi connectivity index (χ0n) is 11.7. The van der Waals surface area contributed by atoms with Crippen molar-refractivity contribution >= 4 is 9.84 Å². The standard InChI is InChI=1S/C16H14FNO2S/c1-11-3-4-12(2)16(7-11)21(19,20)10-13-5-6-15(17)14(8-13)9-18/h3-8H,10H2,1-2H3. The van der Waals surface area contributed by atoms with Gasteiger partial charge < -0.3 is 0 Å². The Bertz CT molecular complexity index is 836. The third-order valence-electron chi connectivity index (χ3n) is 3.19. The average molecular weight is 303 g/mol. The van der Waals surface area contributed by atoms with Crippen molar-refractivity contribution in [3.05, 3.63) is 64.5 Å². The first-order valence-corrected chi connectivity index (χ1v) is 7.97. The zero-order valence-corrected chi connectivity index (χ0v) is 12.5. The third kappa shape index (κ3) is 3.29. The van der Waals surface area contributed by atoms with E-state index in [0.717, 1.165) is 11.6 Å². The van der Waals surface area contributed by atoms with Crippen molar-refractivity contribution in [2.45, 2.75) is 24.5 Å². The van der Waals surface area contributed by atoms with Crippen molar-refractivity contribution in [3.8, 4) is 6.07 Å². The van der Waals surface area contributed by atoms with E-state index in [1.165, 1.54) is 12.1 Å². The van der Waals surface area contributed by atoms with Crippen molar-refractivity contribution in [1.82, 2.24) is 0 Å². The van der Waals surface area contributed by atoms with Gasteiger partial charge in [0.15, 0.2) is 9.84 Å². The van der Waals surface area contributed by atoms with Gasteiger partial charge in [-0.15, -0.1) is 0 Å². The molecule has 2 aromatic rings. The SMILES string of the molecule is Cc1ccc(C)c(S(=O)(=O)Cc2ccc(F)c(C#N)c2)c1. The predicted molar refractivity (Wildman–Crippen MR) is 77.9 cm³/mol. The lowest BCUT2D eigenvalue weighted by Gasteiger charge is -2.09. The van der Waals surface area contributed by atoms with E-state index >= 15 is 0 Å². The van der Waals surface area contributed by atoms with E-state index in [0.29, 0.717) is 11.1 Å². The molecule has 108 valence electrons. The van der Waals surface area contributed by atoms with Crippen LogP contribution >= 0.6 is 0 Å². The second-order valence-electron chi connectivity index (χ2n) is 4.95. The number of hydrogen-bond acceptors (Lipinski definition) is 3. The lowest BCUT2D eigenvalue weighted by Crippen LogP contribution is -2.07. The van der Waals surface area contributed by atoms with E-state index in [1.54, 1.807) is 25.1 Å². The maximum Gasteiger partial charge on any atom is 0.182 e. The van der Waals surface area contributed by atoms with Crippen molar-refractivity contribution in [2.75, 3.05) is 0 Å². The maximum atomic E-state index is 13.3. The summed E-state index contributed by atoms with van der Waals surface area (Å²) in [6.07, 6.45) is 0. The molecule has 0 fully saturated rings. The highest BCUT2D eigenvalue weighted by Gasteiger charge is 2.18. The summed E-state index contributed by atoms with van der Waals surface area (Å²) in [7, 11) is -3.54. The van der Waals surface area contributed by atoms with Crippen LogP contribution in [0.4, 0.5) is 4.39 Å². The molecule has 0 saturated heterocycles. The Morgan fingerprint density at radius 3 is 2.52 bits per heavy atom. The quantitative estimate of drug-likeness (QED) is 0.874. The molecule has 2 aromatic carbocycles. The van der Waals surface area contributed by atoms with Crippen LogP contribution in [0.5, 0.6) is 0 Å². The van der Waals surface area contributed by atoms with Gasteiger partial charge >= 0.3 is 0 Å². The van der Waals surface area contributed by atoms with Gasteiger partial charge in [-0.25, -0.2) is 12.8 Å². The molecule has 0 unspecified atom stereocenters. The largest absolute Gasteiger partial charge is 0.223 e. The fraction of sp³-hybridized carbons (Fsp3) is 0.188. The summed E-state index contributed by atoms with van der Waals surface area (Å²) in [5.74, 6) is -0.905. The molecule has 2 rings (SSSR count). The van der Waals surface area contributed by atoms with E-state index in [1.807, 2.05) is 13.0 Å². The van der Waals surface area contributed by atoms with Crippen LogP contribution in [-0.4, -0.2) is 8.42 Å². The van der Waals surface area contributed by atoms with Crippen molar-refractivity contribution in [3.63, 3.8) is 0 Å². The second kappa shape index (κ2) is 5.66. The molecule has 0 aliphatic rings. The number of nitriles is 1. The summed E-state index contributed by atoms with van der Waals surface area (Å²) in [4.78, 5) is 0.269. The molecule has 0 aliphatic heterocycles. The first kappa shape index (κ1) is 15.2. The Hall–Kier alpha value is -2.19. The Labute approximate surface area is 123 Å². The molecule has 3 nitrogen and oxygen atoms in total. The Morgan fingerprint density at radius 1 is 1.14 bits per heavy atom. The van der Waals surface area contributed by atoms with E-state index < -0.39 is 15.7 Å². The van der Waals surface area contributed by atoms with Crippen LogP contribution in [0, 0.1) is 31.0 Å². The average Bonchev–Trinajstić information content (AvgIpc) is 2.43. The number of hydrogen-bond donors (Lipinski definition) is 0. The van der Waals surface area contributed by atoms with Crippen molar-refractivity contribution < 1.29 is 12.8 Å². The third-order valence-corrected chi connectivity index (χ3v) is 5.01. The summed E-state index contributed by atoms with van der Waals surface area (Å²) >= 11 is 0. The van der Waals surface area contributed by atoms with Crippen LogP contribution in [0.15, 0.2) is 41.3 Å². The Balaban J connectivity index is 2.43. The summed E-state index contributed by atoms with van der Waals surface area (Å²) < 4.78 is 38.2. The lowest BCUT2D eigenvalue weighted by molar-refractivity contribution is 0.594. The van der Waals surface area contributed by atoms with Gasteiger partial charge in [-0.2, -0.15) is 5.26 Å². The smallest absolute Gasteiger partial charge is 0.182 e. The number of sulfone groups is 1. The number of nitrogens with zero attached hydrogens (tertiary/aromatic N) is 1. The first-order chi connectivity index (χ1) is 9.83. The van der Waals surface area contributed by atoms with Crippen LogP contribution in [0.1, 0.15) is 22.3 Å². The fourth-order valence-corrected chi connectivity index (χ4v) is 3.79. The van der Waals surface area contributed by atoms with Gasteiger partial charge in [0.05, 0.1) is 16.2 Å². The zero-order chi connectivity index (χ0) is 15.6. The van der Waals surface area contributed by atoms with E-state index in [9.17, 15) is 12.8 Å². The van der Waals surface area contributed by atoms with Crippen LogP contribution in [0.25, 0.3) is 0 Å². The summed E-state index contributed by atoms with van der Waals surface area (Å²) in [5, 5.41) is 8.80. The molecule has 0 aromatic heterocycles. The normalized spacial score (nSPS) is 11.1. The van der Waals surface area contributed by atoms with Crippen LogP contribution in [0.3, 0.4) is 0 Å². The van der Waals surface area contributed by atoms with Gasteiger partial charge in [0, 0.05) is 0 Å². The summed E-state index contributed by atoms with van der Waals surface area (Å²) in [5.41, 5.74) is 1.77. The topological polar surface area (TPSA) is 57.9 Å². The van der Waals surface area contributed by atoms with E-state index in [2.05, 4.69) is 0 Å². The number of halogens is 1. The van der Waals surface area contributed by atoms with Crippen LogP contribution < -0.4 is 0 Å². The molecule has 0 amide bonds. The predicted octanol–water partition coefficient (Wildman–Crippen LogP) is 3.29. The minimum absolute atomic E-state index is 0.149. The molecule has 0 heterocycles. The highest BCUT2D eigenvalue weighted by Crippen LogP contribution is 2.22. The van der Waals surface area contributed by atoms with Gasteiger partial charge in [-0.05, 0) is 48.7 Å². The Morgan fingerprint density at radius 2 is 1.86 bits per heavy atom. The minimum atomic E-state index is -3.54. The fourth-order valence-electron chi connectivity index (χ4n) is 2.09. The van der Waals surface area contributed by atoms with Gasteiger partial charge in [0.1, 0.15) is 11.9 Å². The first-order valence-electron chi connectivity index (χ1n) is 6.32. The monoisotopic (exact) mass is 303 g/mol. The highest BCUT2D eigenvalue weighted by molar-refractivity contribution is 7.90. The van der Waals surface area contributed by atoms with Crippen LogP contribution in [-0.2, 0) is 15.6 Å². The molecular weight excluding hydrogens is 289 g/mol. The Kier molecular flexibility index (Phi) is 4.10. The van der Waals surface area contributed by atoms with Gasteiger partial charge in [-0.1, -0.05) is 18.2 Å². The summed E-state index contributed by atoms with van der Waals surface area (Å²) in [6, 6.07) is 10.7. The van der Waals surface area contributed by atoms with Gasteiger partial charge in [-0.3, -0.25) is 0 Å². The molecule has 0 atom stereocenters. The number of rotatable bonds is 3. The molecule has 0 bridgehead atoms. The van der Waals surface area contributed by atoms with Gasteiger partial charge in [0.2, 0.25) is 0 Å². The van der Waals surface area contributed by atoms with Gasteiger partial charge in [0.25, 0.3) is 0 Å². The lowest BCUT2D eigenvalue weighted by atomic mass is 10.1. The van der Waals surface area contributed by atoms with Crippen molar-refractivity contribution in [1.29, 1.82) is 5.26 Å². The molecule has 5 heteroatoms.